The Morgan fingerprint density at radius 1 is 1.43 bits per heavy atom. The van der Waals surface area contributed by atoms with Crippen LogP contribution in [0.5, 0.6) is 5.75 Å². The van der Waals surface area contributed by atoms with Crippen molar-refractivity contribution < 1.29 is 4.74 Å². The molecule has 1 rings (SSSR count). The monoisotopic (exact) mass is 254 g/mol. The molecule has 0 aromatic heterocycles. The highest BCUT2D eigenvalue weighted by atomic mass is 79.9. The van der Waals surface area contributed by atoms with Crippen molar-refractivity contribution in [1.82, 2.24) is 0 Å². The van der Waals surface area contributed by atoms with E-state index in [9.17, 15) is 0 Å². The summed E-state index contributed by atoms with van der Waals surface area (Å²) < 4.78 is 6.53. The van der Waals surface area contributed by atoms with Gasteiger partial charge in [0, 0.05) is 4.47 Å². The highest BCUT2D eigenvalue weighted by Gasteiger charge is 2.10. The molecule has 0 radical (unpaired) electrons. The first-order valence-corrected chi connectivity index (χ1v) is 5.34. The third kappa shape index (κ3) is 2.01. The molecular weight excluding hydrogens is 240 g/mol. The quantitative estimate of drug-likeness (QED) is 0.746. The zero-order valence-electron chi connectivity index (χ0n) is 8.86. The largest absolute Gasteiger partial charge is 0.496 e. The minimum Gasteiger partial charge on any atom is -0.496 e. The van der Waals surface area contributed by atoms with Crippen LogP contribution in [-0.4, -0.2) is 7.11 Å². The third-order valence-corrected chi connectivity index (χ3v) is 3.25. The van der Waals surface area contributed by atoms with Gasteiger partial charge in [0.05, 0.1) is 7.11 Å². The highest BCUT2D eigenvalue weighted by molar-refractivity contribution is 9.10. The van der Waals surface area contributed by atoms with E-state index in [0.29, 0.717) is 0 Å². The van der Waals surface area contributed by atoms with Crippen LogP contribution in [0.2, 0.25) is 0 Å². The Morgan fingerprint density at radius 3 is 2.57 bits per heavy atom. The van der Waals surface area contributed by atoms with Crippen molar-refractivity contribution in [2.45, 2.75) is 20.3 Å². The molecule has 0 aliphatic rings. The van der Waals surface area contributed by atoms with Crippen LogP contribution in [0.4, 0.5) is 0 Å². The van der Waals surface area contributed by atoms with Gasteiger partial charge in [-0.1, -0.05) is 22.0 Å². The average molecular weight is 255 g/mol. The van der Waals surface area contributed by atoms with Gasteiger partial charge in [-0.05, 0) is 43.0 Å². The minimum absolute atomic E-state index is 0.836. The van der Waals surface area contributed by atoms with E-state index in [0.717, 1.165) is 16.6 Å². The lowest BCUT2D eigenvalue weighted by atomic mass is 10.0. The summed E-state index contributed by atoms with van der Waals surface area (Å²) in [5, 5.41) is 0. The van der Waals surface area contributed by atoms with E-state index in [1.165, 1.54) is 16.7 Å². The normalized spacial score (nSPS) is 10.0. The Balaban J connectivity index is 3.35. The van der Waals surface area contributed by atoms with Gasteiger partial charge < -0.3 is 4.74 Å². The fraction of sp³-hybridized carbons (Fsp3) is 0.333. The fourth-order valence-corrected chi connectivity index (χ4v) is 2.08. The number of methoxy groups -OCH3 is 1. The maximum atomic E-state index is 5.40. The van der Waals surface area contributed by atoms with E-state index in [1.807, 2.05) is 6.08 Å². The fourth-order valence-electron chi connectivity index (χ4n) is 1.51. The molecule has 2 heteroatoms. The number of rotatable bonds is 3. The van der Waals surface area contributed by atoms with Gasteiger partial charge in [-0.3, -0.25) is 0 Å². The molecule has 0 aliphatic heterocycles. The summed E-state index contributed by atoms with van der Waals surface area (Å²) in [6.07, 6.45) is 2.72. The van der Waals surface area contributed by atoms with Crippen LogP contribution in [0.1, 0.15) is 16.7 Å². The smallest absolute Gasteiger partial charge is 0.125 e. The maximum absolute atomic E-state index is 5.40. The van der Waals surface area contributed by atoms with Gasteiger partial charge in [-0.25, -0.2) is 0 Å². The van der Waals surface area contributed by atoms with Gasteiger partial charge in [0.1, 0.15) is 5.75 Å². The molecule has 1 aromatic rings. The molecule has 0 heterocycles. The average Bonchev–Trinajstić information content (AvgIpc) is 2.16. The lowest BCUT2D eigenvalue weighted by molar-refractivity contribution is 0.407. The Morgan fingerprint density at radius 2 is 2.07 bits per heavy atom. The number of halogens is 1. The predicted octanol–water partition coefficient (Wildman–Crippen LogP) is 3.80. The van der Waals surface area contributed by atoms with Crippen LogP contribution < -0.4 is 4.74 Å². The summed E-state index contributed by atoms with van der Waals surface area (Å²) in [6.45, 7) is 7.90. The van der Waals surface area contributed by atoms with E-state index >= 15 is 0 Å². The lowest BCUT2D eigenvalue weighted by Gasteiger charge is -2.14. The molecule has 1 aromatic carbocycles. The van der Waals surface area contributed by atoms with Crippen molar-refractivity contribution in [3.63, 3.8) is 0 Å². The molecule has 76 valence electrons. The molecule has 0 N–H and O–H groups in total. The van der Waals surface area contributed by atoms with Gasteiger partial charge in [-0.15, -0.1) is 6.58 Å². The number of benzene rings is 1. The van der Waals surface area contributed by atoms with E-state index in [1.54, 1.807) is 7.11 Å². The first kappa shape index (κ1) is 11.3. The van der Waals surface area contributed by atoms with Crippen molar-refractivity contribution in [3.05, 3.63) is 39.9 Å². The van der Waals surface area contributed by atoms with Crippen molar-refractivity contribution >= 4 is 15.9 Å². The van der Waals surface area contributed by atoms with Crippen LogP contribution in [0, 0.1) is 13.8 Å². The van der Waals surface area contributed by atoms with Crippen molar-refractivity contribution in [2.24, 2.45) is 0 Å². The number of ether oxygens (including phenoxy) is 1. The number of hydrogen-bond donors (Lipinski definition) is 0. The molecule has 0 saturated carbocycles. The van der Waals surface area contributed by atoms with E-state index in [-0.39, 0.29) is 0 Å². The van der Waals surface area contributed by atoms with Crippen LogP contribution in [0.25, 0.3) is 0 Å². The summed E-state index contributed by atoms with van der Waals surface area (Å²) in [7, 11) is 1.71. The molecular formula is C12H15BrO. The summed E-state index contributed by atoms with van der Waals surface area (Å²) >= 11 is 3.54. The zero-order valence-corrected chi connectivity index (χ0v) is 10.4. The van der Waals surface area contributed by atoms with E-state index in [4.69, 9.17) is 4.74 Å². The molecule has 0 aliphatic carbocycles. The summed E-state index contributed by atoms with van der Waals surface area (Å²) in [6, 6.07) is 2.10. The Labute approximate surface area is 93.9 Å². The van der Waals surface area contributed by atoms with Gasteiger partial charge in [0.2, 0.25) is 0 Å². The molecule has 1 nitrogen and oxygen atoms in total. The van der Waals surface area contributed by atoms with Gasteiger partial charge >= 0.3 is 0 Å². The van der Waals surface area contributed by atoms with E-state index < -0.39 is 0 Å². The molecule has 14 heavy (non-hydrogen) atoms. The van der Waals surface area contributed by atoms with Crippen LogP contribution in [0.15, 0.2) is 23.2 Å². The molecule has 0 amide bonds. The predicted molar refractivity (Wildman–Crippen MR) is 64.1 cm³/mol. The molecule has 0 spiro atoms. The second kappa shape index (κ2) is 4.65. The number of hydrogen-bond acceptors (Lipinski definition) is 1. The Kier molecular flexibility index (Phi) is 3.76. The molecule has 0 bridgehead atoms. The lowest BCUT2D eigenvalue weighted by Crippen LogP contribution is -1.97. The van der Waals surface area contributed by atoms with Crippen LogP contribution in [-0.2, 0) is 6.42 Å². The zero-order chi connectivity index (χ0) is 10.7. The van der Waals surface area contributed by atoms with E-state index in [2.05, 4.69) is 42.4 Å². The highest BCUT2D eigenvalue weighted by Crippen LogP contribution is 2.32. The Hall–Kier alpha value is -0.760. The third-order valence-electron chi connectivity index (χ3n) is 2.42. The summed E-state index contributed by atoms with van der Waals surface area (Å²) in [5.41, 5.74) is 3.60. The second-order valence-electron chi connectivity index (χ2n) is 3.29. The van der Waals surface area contributed by atoms with Gasteiger partial charge in [0.15, 0.2) is 0 Å². The van der Waals surface area contributed by atoms with Crippen molar-refractivity contribution in [1.29, 1.82) is 0 Å². The number of allylic oxidation sites excluding steroid dienone is 1. The molecule has 0 saturated heterocycles. The molecule has 0 fully saturated rings. The first-order chi connectivity index (χ1) is 6.61. The molecule has 0 atom stereocenters. The minimum atomic E-state index is 0.836. The SMILES string of the molecule is C=CCc1cc(Br)c(C)c(C)c1OC. The van der Waals surface area contributed by atoms with Gasteiger partial charge in [-0.2, -0.15) is 0 Å². The standard InChI is InChI=1S/C12H15BrO/c1-5-6-10-7-11(13)8(2)9(3)12(10)14-4/h5,7H,1,6H2,2-4H3. The van der Waals surface area contributed by atoms with Crippen molar-refractivity contribution in [2.75, 3.05) is 7.11 Å². The van der Waals surface area contributed by atoms with Crippen LogP contribution >= 0.6 is 15.9 Å². The Bertz CT molecular complexity index is 356. The van der Waals surface area contributed by atoms with Crippen molar-refractivity contribution in [3.8, 4) is 5.75 Å². The molecule has 0 unspecified atom stereocenters. The second-order valence-corrected chi connectivity index (χ2v) is 4.15. The first-order valence-electron chi connectivity index (χ1n) is 4.55. The van der Waals surface area contributed by atoms with Crippen LogP contribution in [0.3, 0.4) is 0 Å². The van der Waals surface area contributed by atoms with Gasteiger partial charge in [0.25, 0.3) is 0 Å². The summed E-state index contributed by atoms with van der Waals surface area (Å²) in [5.74, 6) is 0.977. The topological polar surface area (TPSA) is 9.23 Å². The summed E-state index contributed by atoms with van der Waals surface area (Å²) in [4.78, 5) is 0. The maximum Gasteiger partial charge on any atom is 0.125 e.